The summed E-state index contributed by atoms with van der Waals surface area (Å²) in [5.41, 5.74) is 11.3. The number of nitrogens with zero attached hydrogens (tertiary/aromatic N) is 1. The van der Waals surface area contributed by atoms with Crippen LogP contribution in [0.25, 0.3) is 10.9 Å². The SMILES string of the molecule is Nc1ccc2c(c1)c1c3n2CCNC3CCC1. The van der Waals surface area contributed by atoms with Crippen LogP contribution < -0.4 is 11.1 Å². The van der Waals surface area contributed by atoms with Crippen LogP contribution in [0.15, 0.2) is 18.2 Å². The maximum Gasteiger partial charge on any atom is 0.0487 e. The van der Waals surface area contributed by atoms with Crippen molar-refractivity contribution in [2.24, 2.45) is 0 Å². The summed E-state index contributed by atoms with van der Waals surface area (Å²) >= 11 is 0. The van der Waals surface area contributed by atoms with Crippen LogP contribution in [0.3, 0.4) is 0 Å². The summed E-state index contributed by atoms with van der Waals surface area (Å²) in [7, 11) is 0. The van der Waals surface area contributed by atoms with E-state index in [1.54, 1.807) is 0 Å². The zero-order chi connectivity index (χ0) is 11.4. The minimum Gasteiger partial charge on any atom is -0.399 e. The topological polar surface area (TPSA) is 43.0 Å². The van der Waals surface area contributed by atoms with Crippen molar-refractivity contribution in [2.45, 2.75) is 31.8 Å². The summed E-state index contributed by atoms with van der Waals surface area (Å²) in [5, 5.41) is 5.02. The molecule has 1 unspecified atom stereocenters. The molecule has 0 saturated carbocycles. The molecule has 0 amide bonds. The number of aryl methyl sites for hydroxylation is 1. The Balaban J connectivity index is 2.11. The molecule has 3 heteroatoms. The number of nitrogens with two attached hydrogens (primary N) is 1. The van der Waals surface area contributed by atoms with Gasteiger partial charge >= 0.3 is 0 Å². The molecule has 0 radical (unpaired) electrons. The van der Waals surface area contributed by atoms with Gasteiger partial charge < -0.3 is 15.6 Å². The Bertz CT molecular complexity index is 595. The van der Waals surface area contributed by atoms with Crippen LogP contribution >= 0.6 is 0 Å². The van der Waals surface area contributed by atoms with Crippen LogP contribution in [0.1, 0.15) is 30.1 Å². The van der Waals surface area contributed by atoms with Crippen molar-refractivity contribution in [1.82, 2.24) is 9.88 Å². The molecule has 2 aromatic rings. The number of nitrogen functional groups attached to an aromatic ring is 1. The lowest BCUT2D eigenvalue weighted by atomic mass is 9.91. The summed E-state index contributed by atoms with van der Waals surface area (Å²) in [6.07, 6.45) is 3.78. The lowest BCUT2D eigenvalue weighted by Crippen LogP contribution is -2.35. The first kappa shape index (κ1) is 9.54. The Morgan fingerprint density at radius 2 is 2.29 bits per heavy atom. The van der Waals surface area contributed by atoms with Gasteiger partial charge in [0.05, 0.1) is 0 Å². The van der Waals surface area contributed by atoms with Crippen molar-refractivity contribution >= 4 is 16.6 Å². The number of aromatic nitrogens is 1. The number of nitrogens with one attached hydrogen (secondary N) is 1. The highest BCUT2D eigenvalue weighted by Gasteiger charge is 2.29. The van der Waals surface area contributed by atoms with Crippen molar-refractivity contribution in [3.8, 4) is 0 Å². The Morgan fingerprint density at radius 3 is 3.24 bits per heavy atom. The zero-order valence-electron chi connectivity index (χ0n) is 9.87. The van der Waals surface area contributed by atoms with Crippen LogP contribution in [0.4, 0.5) is 5.69 Å². The molecule has 17 heavy (non-hydrogen) atoms. The molecule has 1 aromatic heterocycles. The van der Waals surface area contributed by atoms with Gasteiger partial charge in [0.2, 0.25) is 0 Å². The average molecular weight is 227 g/mol. The van der Waals surface area contributed by atoms with Crippen LogP contribution in [0, 0.1) is 0 Å². The fourth-order valence-electron chi connectivity index (χ4n) is 3.53. The van der Waals surface area contributed by atoms with Gasteiger partial charge in [-0.1, -0.05) is 0 Å². The van der Waals surface area contributed by atoms with Crippen LogP contribution in [-0.2, 0) is 13.0 Å². The second kappa shape index (κ2) is 3.26. The second-order valence-corrected chi connectivity index (χ2v) is 5.19. The molecular weight excluding hydrogens is 210 g/mol. The van der Waals surface area contributed by atoms with Gasteiger partial charge in [0.15, 0.2) is 0 Å². The molecular formula is C14H17N3. The minimum absolute atomic E-state index is 0.570. The fraction of sp³-hybridized carbons (Fsp3) is 0.429. The average Bonchev–Trinajstić information content (AvgIpc) is 2.67. The second-order valence-electron chi connectivity index (χ2n) is 5.19. The first-order chi connectivity index (χ1) is 8.34. The predicted octanol–water partition coefficient (Wildman–Crippen LogP) is 2.20. The van der Waals surface area contributed by atoms with Gasteiger partial charge in [-0.15, -0.1) is 0 Å². The maximum atomic E-state index is 5.93. The summed E-state index contributed by atoms with van der Waals surface area (Å²) in [6.45, 7) is 2.18. The summed E-state index contributed by atoms with van der Waals surface area (Å²) in [4.78, 5) is 0. The van der Waals surface area contributed by atoms with E-state index in [4.69, 9.17) is 5.73 Å². The third-order valence-electron chi connectivity index (χ3n) is 4.21. The normalized spacial score (nSPS) is 22.7. The van der Waals surface area contributed by atoms with Crippen LogP contribution in [0.5, 0.6) is 0 Å². The highest BCUT2D eigenvalue weighted by molar-refractivity contribution is 5.88. The Kier molecular flexibility index (Phi) is 1.83. The highest BCUT2D eigenvalue weighted by Crippen LogP contribution is 2.39. The molecule has 0 fully saturated rings. The molecule has 3 nitrogen and oxygen atoms in total. The van der Waals surface area contributed by atoms with Gasteiger partial charge in [0.25, 0.3) is 0 Å². The standard InChI is InChI=1S/C14H17N3/c15-9-4-5-13-11(8-9)10-2-1-3-12-14(10)17(13)7-6-16-12/h4-5,8,12,16H,1-3,6-7,15H2. The number of fused-ring (bicyclic) bond motifs is 3. The van der Waals surface area contributed by atoms with E-state index in [1.807, 2.05) is 6.07 Å². The van der Waals surface area contributed by atoms with E-state index in [2.05, 4.69) is 22.0 Å². The third kappa shape index (κ3) is 1.20. The first-order valence-corrected chi connectivity index (χ1v) is 6.48. The van der Waals surface area contributed by atoms with Gasteiger partial charge in [-0.05, 0) is 43.0 Å². The van der Waals surface area contributed by atoms with E-state index in [0.29, 0.717) is 6.04 Å². The zero-order valence-corrected chi connectivity index (χ0v) is 9.87. The summed E-state index contributed by atoms with van der Waals surface area (Å²) in [6, 6.07) is 6.93. The Morgan fingerprint density at radius 1 is 1.35 bits per heavy atom. The molecule has 2 heterocycles. The molecule has 4 rings (SSSR count). The molecule has 0 bridgehead atoms. The number of anilines is 1. The smallest absolute Gasteiger partial charge is 0.0487 e. The molecule has 3 N–H and O–H groups in total. The molecule has 1 aromatic carbocycles. The monoisotopic (exact) mass is 227 g/mol. The minimum atomic E-state index is 0.570. The van der Waals surface area contributed by atoms with E-state index >= 15 is 0 Å². The van der Waals surface area contributed by atoms with Crippen molar-refractivity contribution in [3.63, 3.8) is 0 Å². The quantitative estimate of drug-likeness (QED) is 0.678. The Labute approximate surface area is 101 Å². The summed E-state index contributed by atoms with van der Waals surface area (Å²) in [5.74, 6) is 0. The summed E-state index contributed by atoms with van der Waals surface area (Å²) < 4.78 is 2.50. The van der Waals surface area contributed by atoms with Gasteiger partial charge in [-0.3, -0.25) is 0 Å². The lowest BCUT2D eigenvalue weighted by Gasteiger charge is -2.31. The third-order valence-corrected chi connectivity index (χ3v) is 4.21. The van der Waals surface area contributed by atoms with E-state index in [9.17, 15) is 0 Å². The fourth-order valence-corrected chi connectivity index (χ4v) is 3.53. The van der Waals surface area contributed by atoms with E-state index < -0.39 is 0 Å². The number of hydrogen-bond acceptors (Lipinski definition) is 2. The van der Waals surface area contributed by atoms with Gasteiger partial charge in [-0.25, -0.2) is 0 Å². The molecule has 1 atom stereocenters. The van der Waals surface area contributed by atoms with Crippen molar-refractivity contribution < 1.29 is 0 Å². The highest BCUT2D eigenvalue weighted by atomic mass is 15.1. The van der Waals surface area contributed by atoms with Gasteiger partial charge in [0, 0.05) is 41.4 Å². The van der Waals surface area contributed by atoms with Crippen molar-refractivity contribution in [2.75, 3.05) is 12.3 Å². The maximum absolute atomic E-state index is 5.93. The largest absolute Gasteiger partial charge is 0.399 e. The number of rotatable bonds is 0. The van der Waals surface area contributed by atoms with Crippen molar-refractivity contribution in [3.05, 3.63) is 29.5 Å². The van der Waals surface area contributed by atoms with Crippen molar-refractivity contribution in [1.29, 1.82) is 0 Å². The van der Waals surface area contributed by atoms with Crippen LogP contribution in [-0.4, -0.2) is 11.1 Å². The van der Waals surface area contributed by atoms with E-state index in [0.717, 1.165) is 18.8 Å². The lowest BCUT2D eigenvalue weighted by molar-refractivity contribution is 0.384. The molecule has 1 aliphatic heterocycles. The molecule has 88 valence electrons. The van der Waals surface area contributed by atoms with Crippen LogP contribution in [0.2, 0.25) is 0 Å². The molecule has 2 aliphatic rings. The molecule has 0 spiro atoms. The molecule has 0 saturated heterocycles. The predicted molar refractivity (Wildman–Crippen MR) is 70.0 cm³/mol. The Hall–Kier alpha value is -1.48. The van der Waals surface area contributed by atoms with E-state index in [1.165, 1.54) is 41.4 Å². The first-order valence-electron chi connectivity index (χ1n) is 6.48. The number of benzene rings is 1. The molecule has 1 aliphatic carbocycles. The van der Waals surface area contributed by atoms with E-state index in [-0.39, 0.29) is 0 Å². The number of hydrogen-bond donors (Lipinski definition) is 2. The van der Waals surface area contributed by atoms with Gasteiger partial charge in [-0.2, -0.15) is 0 Å². The van der Waals surface area contributed by atoms with Gasteiger partial charge in [0.1, 0.15) is 0 Å².